The zero-order valence-electron chi connectivity index (χ0n) is 6.61. The molecule has 0 saturated carbocycles. The van der Waals surface area contributed by atoms with E-state index in [0.29, 0.717) is 0 Å². The second kappa shape index (κ2) is 3.74. The summed E-state index contributed by atoms with van der Waals surface area (Å²) in [6.45, 7) is 1.71. The average Bonchev–Trinajstić information content (AvgIpc) is 2.05. The molecule has 0 amide bonds. The van der Waals surface area contributed by atoms with Crippen molar-refractivity contribution in [2.45, 2.75) is 17.9 Å². The van der Waals surface area contributed by atoms with Gasteiger partial charge in [-0.2, -0.15) is 0 Å². The Morgan fingerprint density at radius 2 is 2.27 bits per heavy atom. The molecule has 3 heteroatoms. The van der Waals surface area contributed by atoms with Crippen LogP contribution in [0.1, 0.15) is 18.7 Å². The molecule has 1 rings (SSSR count). The van der Waals surface area contributed by atoms with Crippen LogP contribution in [0.5, 0.6) is 0 Å². The van der Waals surface area contributed by atoms with Crippen molar-refractivity contribution in [2.24, 2.45) is 0 Å². The number of nitrogens with zero attached hydrogens (tertiary/aromatic N) is 1. The van der Waals surface area contributed by atoms with Gasteiger partial charge in [0.1, 0.15) is 0 Å². The number of aromatic nitrogens is 1. The summed E-state index contributed by atoms with van der Waals surface area (Å²) in [7, 11) is 0. The molecule has 1 aromatic heterocycles. The smallest absolute Gasteiger partial charge is 0.0931 e. The van der Waals surface area contributed by atoms with E-state index in [1.54, 1.807) is 24.9 Å². The first-order valence-corrected chi connectivity index (χ1v) is 4.64. The summed E-state index contributed by atoms with van der Waals surface area (Å²) in [6.07, 6.45) is 3.30. The number of hydrogen-bond acceptors (Lipinski definition) is 3. The van der Waals surface area contributed by atoms with Gasteiger partial charge >= 0.3 is 0 Å². The number of aliphatic hydroxyl groups excluding tert-OH is 1. The van der Waals surface area contributed by atoms with E-state index in [4.69, 9.17) is 5.11 Å². The molecule has 0 aliphatic carbocycles. The Labute approximate surface area is 70.7 Å². The lowest BCUT2D eigenvalue weighted by Crippen LogP contribution is -1.93. The van der Waals surface area contributed by atoms with Gasteiger partial charge in [0.25, 0.3) is 0 Å². The van der Waals surface area contributed by atoms with Crippen molar-refractivity contribution >= 4 is 11.8 Å². The van der Waals surface area contributed by atoms with Gasteiger partial charge in [0.05, 0.1) is 11.8 Å². The summed E-state index contributed by atoms with van der Waals surface area (Å²) in [5.41, 5.74) is 0.725. The van der Waals surface area contributed by atoms with E-state index in [1.807, 2.05) is 18.4 Å². The summed E-state index contributed by atoms with van der Waals surface area (Å²) >= 11 is 1.65. The molecule has 0 radical (unpaired) electrons. The molecule has 0 spiro atoms. The molecule has 60 valence electrons. The summed E-state index contributed by atoms with van der Waals surface area (Å²) < 4.78 is 0. The zero-order chi connectivity index (χ0) is 8.27. The van der Waals surface area contributed by atoms with Gasteiger partial charge in [0.2, 0.25) is 0 Å². The van der Waals surface area contributed by atoms with Crippen LogP contribution in [0, 0.1) is 0 Å². The lowest BCUT2D eigenvalue weighted by Gasteiger charge is -2.02. The molecule has 1 aromatic rings. The van der Waals surface area contributed by atoms with Crippen molar-refractivity contribution in [3.63, 3.8) is 0 Å². The molecular weight excluding hydrogens is 158 g/mol. The highest BCUT2D eigenvalue weighted by Gasteiger charge is 2.00. The fourth-order valence-corrected chi connectivity index (χ4v) is 1.12. The van der Waals surface area contributed by atoms with Crippen LogP contribution in [-0.4, -0.2) is 16.3 Å². The highest BCUT2D eigenvalue weighted by molar-refractivity contribution is 7.98. The molecule has 11 heavy (non-hydrogen) atoms. The number of pyridine rings is 1. The second-order valence-corrected chi connectivity index (χ2v) is 3.18. The third kappa shape index (κ3) is 2.20. The molecular formula is C8H11NOS. The first-order chi connectivity index (χ1) is 5.24. The van der Waals surface area contributed by atoms with Gasteiger partial charge in [-0.05, 0) is 25.3 Å². The fraction of sp³-hybridized carbons (Fsp3) is 0.375. The summed E-state index contributed by atoms with van der Waals surface area (Å²) in [5.74, 6) is 0. The largest absolute Gasteiger partial charge is 0.387 e. The minimum atomic E-state index is -0.467. The minimum absolute atomic E-state index is 0.467. The van der Waals surface area contributed by atoms with Crippen molar-refractivity contribution in [1.82, 2.24) is 4.98 Å². The van der Waals surface area contributed by atoms with E-state index in [1.165, 1.54) is 0 Å². The summed E-state index contributed by atoms with van der Waals surface area (Å²) in [6, 6.07) is 3.80. The first kappa shape index (κ1) is 8.56. The average molecular weight is 169 g/mol. The van der Waals surface area contributed by atoms with E-state index in [2.05, 4.69) is 4.98 Å². The van der Waals surface area contributed by atoms with Crippen LogP contribution in [0.25, 0.3) is 0 Å². The van der Waals surface area contributed by atoms with Gasteiger partial charge in [-0.25, -0.2) is 0 Å². The maximum Gasteiger partial charge on any atom is 0.0931 e. The van der Waals surface area contributed by atoms with Crippen molar-refractivity contribution in [3.05, 3.63) is 24.0 Å². The molecule has 1 unspecified atom stereocenters. The lowest BCUT2D eigenvalue weighted by molar-refractivity contribution is 0.194. The second-order valence-electron chi connectivity index (χ2n) is 2.30. The molecule has 0 aromatic carbocycles. The maximum atomic E-state index is 9.12. The minimum Gasteiger partial charge on any atom is -0.387 e. The van der Waals surface area contributed by atoms with E-state index in [0.717, 1.165) is 10.6 Å². The Morgan fingerprint density at radius 3 is 2.64 bits per heavy atom. The van der Waals surface area contributed by atoms with Gasteiger partial charge in [-0.3, -0.25) is 4.98 Å². The number of hydrogen-bond donors (Lipinski definition) is 1. The molecule has 1 heterocycles. The van der Waals surface area contributed by atoms with Crippen LogP contribution in [0.2, 0.25) is 0 Å². The number of rotatable bonds is 2. The van der Waals surface area contributed by atoms with Crippen molar-refractivity contribution in [2.75, 3.05) is 6.26 Å². The first-order valence-electron chi connectivity index (χ1n) is 3.42. The third-order valence-electron chi connectivity index (χ3n) is 1.42. The molecule has 0 aliphatic rings. The molecule has 1 atom stereocenters. The lowest BCUT2D eigenvalue weighted by atomic mass is 10.2. The Hall–Kier alpha value is -0.540. The molecule has 2 nitrogen and oxygen atoms in total. The van der Waals surface area contributed by atoms with Crippen LogP contribution in [0.4, 0.5) is 0 Å². The summed E-state index contributed by atoms with van der Waals surface area (Å²) in [4.78, 5) is 5.20. The number of aliphatic hydroxyl groups is 1. The molecule has 0 bridgehead atoms. The monoisotopic (exact) mass is 169 g/mol. The summed E-state index contributed by atoms with van der Waals surface area (Å²) in [5, 5.41) is 9.12. The highest BCUT2D eigenvalue weighted by atomic mass is 32.2. The zero-order valence-corrected chi connectivity index (χ0v) is 7.43. The molecule has 0 aliphatic heterocycles. The van der Waals surface area contributed by atoms with E-state index >= 15 is 0 Å². The Balaban J connectivity index is 2.83. The van der Waals surface area contributed by atoms with Crippen LogP contribution in [0.3, 0.4) is 0 Å². The molecule has 1 N–H and O–H groups in total. The predicted octanol–water partition coefficient (Wildman–Crippen LogP) is 1.86. The predicted molar refractivity (Wildman–Crippen MR) is 46.7 cm³/mol. The van der Waals surface area contributed by atoms with Crippen molar-refractivity contribution < 1.29 is 5.11 Å². The van der Waals surface area contributed by atoms with Crippen LogP contribution >= 0.6 is 11.8 Å². The van der Waals surface area contributed by atoms with Crippen LogP contribution in [-0.2, 0) is 0 Å². The van der Waals surface area contributed by atoms with Gasteiger partial charge < -0.3 is 5.11 Å². The topological polar surface area (TPSA) is 33.1 Å². The van der Waals surface area contributed by atoms with Crippen molar-refractivity contribution in [1.29, 1.82) is 0 Å². The fourth-order valence-electron chi connectivity index (χ4n) is 0.760. The quantitative estimate of drug-likeness (QED) is 0.686. The molecule has 0 saturated heterocycles. The van der Waals surface area contributed by atoms with Crippen LogP contribution in [0.15, 0.2) is 23.2 Å². The highest BCUT2D eigenvalue weighted by Crippen LogP contribution is 2.15. The maximum absolute atomic E-state index is 9.12. The Kier molecular flexibility index (Phi) is 2.91. The normalized spacial score (nSPS) is 13.0. The number of thioether (sulfide) groups is 1. The van der Waals surface area contributed by atoms with Gasteiger partial charge in [-0.15, -0.1) is 11.8 Å². The third-order valence-corrected chi connectivity index (χ3v) is 2.14. The SMILES string of the molecule is CSc1ccc(C(C)O)nc1. The van der Waals surface area contributed by atoms with Crippen molar-refractivity contribution in [3.8, 4) is 0 Å². The van der Waals surface area contributed by atoms with E-state index < -0.39 is 6.10 Å². The molecule has 0 fully saturated rings. The van der Waals surface area contributed by atoms with E-state index in [9.17, 15) is 0 Å². The Morgan fingerprint density at radius 1 is 1.55 bits per heavy atom. The standard InChI is InChI=1S/C8H11NOS/c1-6(10)8-4-3-7(11-2)5-9-8/h3-6,10H,1-2H3. The van der Waals surface area contributed by atoms with E-state index in [-0.39, 0.29) is 0 Å². The Bertz CT molecular complexity index is 220. The van der Waals surface area contributed by atoms with Gasteiger partial charge in [0, 0.05) is 11.1 Å². The van der Waals surface area contributed by atoms with Crippen LogP contribution < -0.4 is 0 Å². The van der Waals surface area contributed by atoms with Gasteiger partial charge in [-0.1, -0.05) is 0 Å². The van der Waals surface area contributed by atoms with Gasteiger partial charge in [0.15, 0.2) is 0 Å².